The van der Waals surface area contributed by atoms with E-state index in [1.165, 1.54) is 14.1 Å². The highest BCUT2D eigenvalue weighted by molar-refractivity contribution is 7.87. The summed E-state index contributed by atoms with van der Waals surface area (Å²) in [5.41, 5.74) is 0. The molecule has 2 aliphatic heterocycles. The van der Waals surface area contributed by atoms with Crippen molar-refractivity contribution in [3.8, 4) is 0 Å². The second-order valence-corrected chi connectivity index (χ2v) is 11.1. The topological polar surface area (TPSA) is 117 Å². The van der Waals surface area contributed by atoms with Crippen molar-refractivity contribution < 1.29 is 27.1 Å². The third-order valence-corrected chi connectivity index (χ3v) is 7.62. The Balaban J connectivity index is 1.65. The molecule has 2 aliphatic rings. The number of nitrogens with zero attached hydrogens (tertiary/aromatic N) is 5. The fourth-order valence-electron chi connectivity index (χ4n) is 4.28. The maximum atomic E-state index is 13.1. The van der Waals surface area contributed by atoms with Crippen LogP contribution in [0.15, 0.2) is 12.4 Å². The molecule has 1 amide bonds. The second kappa shape index (κ2) is 11.1. The molecular formula is C21H35FN6O5S. The van der Waals surface area contributed by atoms with Gasteiger partial charge in [-0.25, -0.2) is 19.2 Å². The number of aromatic nitrogens is 2. The van der Waals surface area contributed by atoms with Crippen molar-refractivity contribution in [1.29, 1.82) is 0 Å². The average molecular weight is 503 g/mol. The van der Waals surface area contributed by atoms with Crippen LogP contribution in [0.25, 0.3) is 0 Å². The number of anilines is 1. The number of carbonyl (C=O) groups is 1. The summed E-state index contributed by atoms with van der Waals surface area (Å²) in [5.74, 6) is -0.00187. The van der Waals surface area contributed by atoms with Gasteiger partial charge in [-0.15, -0.1) is 0 Å². The third-order valence-electron chi connectivity index (χ3n) is 6.05. The summed E-state index contributed by atoms with van der Waals surface area (Å²) in [4.78, 5) is 24.4. The Morgan fingerprint density at radius 2 is 1.88 bits per heavy atom. The molecule has 0 unspecified atom stereocenters. The second-order valence-electron chi connectivity index (χ2n) is 9.22. The highest BCUT2D eigenvalue weighted by Crippen LogP contribution is 2.28. The molecule has 3 atom stereocenters. The van der Waals surface area contributed by atoms with E-state index < -0.39 is 34.2 Å². The summed E-state index contributed by atoms with van der Waals surface area (Å²) in [5, 5.41) is 0. The smallest absolute Gasteiger partial charge is 0.410 e. The van der Waals surface area contributed by atoms with E-state index in [4.69, 9.17) is 9.47 Å². The van der Waals surface area contributed by atoms with E-state index in [0.29, 0.717) is 38.3 Å². The Morgan fingerprint density at radius 3 is 2.44 bits per heavy atom. The minimum atomic E-state index is -3.69. The lowest BCUT2D eigenvalue weighted by molar-refractivity contribution is -0.00636. The monoisotopic (exact) mass is 502 g/mol. The van der Waals surface area contributed by atoms with E-state index in [1.54, 1.807) is 18.7 Å². The average Bonchev–Trinajstić information content (AvgIpc) is 3.06. The molecule has 2 fully saturated rings. The number of carbonyl (C=O) groups excluding carboxylic acids is 1. The van der Waals surface area contributed by atoms with Crippen molar-refractivity contribution >= 4 is 22.3 Å². The molecule has 3 heterocycles. The van der Waals surface area contributed by atoms with Crippen LogP contribution in [0.2, 0.25) is 0 Å². The molecule has 0 spiro atoms. The summed E-state index contributed by atoms with van der Waals surface area (Å²) in [7, 11) is -0.785. The Morgan fingerprint density at radius 1 is 1.26 bits per heavy atom. The first-order chi connectivity index (χ1) is 16.0. The fourth-order valence-corrected chi connectivity index (χ4v) is 5.13. The number of likely N-dealkylation sites (tertiary alicyclic amines) is 1. The summed E-state index contributed by atoms with van der Waals surface area (Å²) < 4.78 is 53.5. The molecule has 1 aromatic heterocycles. The highest BCUT2D eigenvalue weighted by atomic mass is 32.2. The van der Waals surface area contributed by atoms with Gasteiger partial charge in [0.25, 0.3) is 10.2 Å². The third kappa shape index (κ3) is 6.52. The normalized spacial score (nSPS) is 24.3. The molecule has 3 rings (SSSR count). The van der Waals surface area contributed by atoms with E-state index in [9.17, 15) is 17.6 Å². The van der Waals surface area contributed by atoms with E-state index in [0.717, 1.165) is 16.7 Å². The minimum Gasteiger partial charge on any atom is -0.447 e. The fraction of sp³-hybridized carbons (Fsp3) is 0.762. The zero-order valence-corrected chi connectivity index (χ0v) is 21.2. The maximum Gasteiger partial charge on any atom is 0.410 e. The van der Waals surface area contributed by atoms with Crippen LogP contribution in [-0.4, -0.2) is 97.8 Å². The highest BCUT2D eigenvalue weighted by Gasteiger charge is 2.45. The van der Waals surface area contributed by atoms with Gasteiger partial charge in [-0.05, 0) is 40.0 Å². The standard InChI is InChI=1S/C21H35FN6O5S/c1-14(2)33-21(29)28-15(3)10-18(25-34(30,31)26(4)5)19(28)13-32-17-6-8-27(9-7-17)20-23-11-16(22)12-24-20/h11-12,14-15,17-19,25H,6-10,13H2,1-5H3/t15-,18+,19+/m1/s1. The maximum absolute atomic E-state index is 13.1. The van der Waals surface area contributed by atoms with Gasteiger partial charge in [-0.3, -0.25) is 4.90 Å². The van der Waals surface area contributed by atoms with E-state index in [1.807, 2.05) is 11.8 Å². The molecule has 192 valence electrons. The largest absolute Gasteiger partial charge is 0.447 e. The van der Waals surface area contributed by atoms with Crippen molar-refractivity contribution in [2.75, 3.05) is 38.7 Å². The lowest BCUT2D eigenvalue weighted by atomic mass is 10.1. The minimum absolute atomic E-state index is 0.0679. The van der Waals surface area contributed by atoms with Gasteiger partial charge in [0.05, 0.1) is 37.3 Å². The number of hydrogen-bond donors (Lipinski definition) is 1. The predicted molar refractivity (Wildman–Crippen MR) is 124 cm³/mol. The van der Waals surface area contributed by atoms with Crippen molar-refractivity contribution in [3.63, 3.8) is 0 Å². The molecule has 0 aromatic carbocycles. The molecule has 34 heavy (non-hydrogen) atoms. The number of amides is 1. The SMILES string of the molecule is CC(C)OC(=O)N1[C@H](C)C[C@H](NS(=O)(=O)N(C)C)[C@@H]1COC1CCN(c2ncc(F)cn2)CC1. The number of ether oxygens (including phenoxy) is 2. The molecule has 2 saturated heterocycles. The summed E-state index contributed by atoms with van der Waals surface area (Å²) in [6.07, 6.45) is 3.30. The first-order valence-corrected chi connectivity index (χ1v) is 12.9. The first kappa shape index (κ1) is 26.5. The summed E-state index contributed by atoms with van der Waals surface area (Å²) >= 11 is 0. The quantitative estimate of drug-likeness (QED) is 0.567. The molecule has 0 radical (unpaired) electrons. The molecule has 0 saturated carbocycles. The van der Waals surface area contributed by atoms with Crippen molar-refractivity contribution in [3.05, 3.63) is 18.2 Å². The Bertz CT molecular complexity index is 924. The van der Waals surface area contributed by atoms with Gasteiger partial charge in [0.2, 0.25) is 5.95 Å². The molecule has 0 aliphatic carbocycles. The number of hydrogen-bond acceptors (Lipinski definition) is 8. The molecule has 0 bridgehead atoms. The van der Waals surface area contributed by atoms with Gasteiger partial charge in [0, 0.05) is 39.3 Å². The van der Waals surface area contributed by atoms with E-state index in [-0.39, 0.29) is 24.9 Å². The number of piperidine rings is 1. The molecular weight excluding hydrogens is 467 g/mol. The van der Waals surface area contributed by atoms with Gasteiger partial charge < -0.3 is 14.4 Å². The van der Waals surface area contributed by atoms with Crippen LogP contribution < -0.4 is 9.62 Å². The van der Waals surface area contributed by atoms with Crippen molar-refractivity contribution in [2.45, 2.75) is 70.4 Å². The zero-order valence-electron chi connectivity index (χ0n) is 20.3. The van der Waals surface area contributed by atoms with Crippen LogP contribution in [0.5, 0.6) is 0 Å². The lowest BCUT2D eigenvalue weighted by Crippen LogP contribution is -2.52. The molecule has 1 aromatic rings. The van der Waals surface area contributed by atoms with Gasteiger partial charge in [0.1, 0.15) is 0 Å². The first-order valence-electron chi connectivity index (χ1n) is 11.5. The van der Waals surface area contributed by atoms with Crippen LogP contribution in [0, 0.1) is 5.82 Å². The predicted octanol–water partition coefficient (Wildman–Crippen LogP) is 1.37. The summed E-state index contributed by atoms with van der Waals surface area (Å²) in [6.45, 7) is 6.89. The number of nitrogens with one attached hydrogen (secondary N) is 1. The van der Waals surface area contributed by atoms with Crippen molar-refractivity contribution in [2.24, 2.45) is 0 Å². The molecule has 11 nitrogen and oxygen atoms in total. The number of halogens is 1. The van der Waals surface area contributed by atoms with Crippen molar-refractivity contribution in [1.82, 2.24) is 23.9 Å². The summed E-state index contributed by atoms with van der Waals surface area (Å²) in [6, 6.07) is -1.23. The van der Waals surface area contributed by atoms with Gasteiger partial charge in [0.15, 0.2) is 5.82 Å². The van der Waals surface area contributed by atoms with Crippen LogP contribution >= 0.6 is 0 Å². The van der Waals surface area contributed by atoms with Gasteiger partial charge in [-0.1, -0.05) is 0 Å². The van der Waals surface area contributed by atoms with Gasteiger partial charge >= 0.3 is 6.09 Å². The zero-order chi connectivity index (χ0) is 25.0. The Labute approximate surface area is 200 Å². The molecule has 1 N–H and O–H groups in total. The van der Waals surface area contributed by atoms with Crippen LogP contribution in [-0.2, 0) is 19.7 Å². The van der Waals surface area contributed by atoms with E-state index in [2.05, 4.69) is 14.7 Å². The Hall–Kier alpha value is -2.09. The van der Waals surface area contributed by atoms with Gasteiger partial charge in [-0.2, -0.15) is 17.4 Å². The lowest BCUT2D eigenvalue weighted by Gasteiger charge is -2.35. The van der Waals surface area contributed by atoms with Crippen LogP contribution in [0.3, 0.4) is 0 Å². The van der Waals surface area contributed by atoms with Crippen LogP contribution in [0.1, 0.15) is 40.0 Å². The number of rotatable bonds is 8. The van der Waals surface area contributed by atoms with E-state index >= 15 is 0 Å². The Kier molecular flexibility index (Phi) is 8.66. The van der Waals surface area contributed by atoms with Crippen LogP contribution in [0.4, 0.5) is 15.1 Å². The molecule has 13 heteroatoms.